The molecule has 0 saturated heterocycles. The fraction of sp³-hybridized carbons (Fsp3) is 0.933. The van der Waals surface area contributed by atoms with Crippen molar-refractivity contribution in [3.63, 3.8) is 0 Å². The first-order valence-corrected chi connectivity index (χ1v) is 8.57. The van der Waals surface area contributed by atoms with Crippen LogP contribution in [0.5, 0.6) is 0 Å². The number of unbranched alkanes of at least 4 members (excludes halogenated alkanes) is 3. The summed E-state index contributed by atoms with van der Waals surface area (Å²) in [6.07, 6.45) is 7.91. The van der Waals surface area contributed by atoms with Gasteiger partial charge < -0.3 is 5.32 Å². The Morgan fingerprint density at radius 1 is 1.28 bits per heavy atom. The third-order valence-corrected chi connectivity index (χ3v) is 4.36. The zero-order valence-electron chi connectivity index (χ0n) is 12.5. The molecule has 1 rings (SSSR count). The first-order chi connectivity index (χ1) is 8.61. The van der Waals surface area contributed by atoms with Gasteiger partial charge in [0, 0.05) is 11.8 Å². The molecule has 0 radical (unpaired) electrons. The highest BCUT2D eigenvalue weighted by Gasteiger charge is 2.19. The minimum atomic E-state index is 0.546. The first-order valence-electron chi connectivity index (χ1n) is 7.59. The molecule has 0 aromatic rings. The highest BCUT2D eigenvalue weighted by atomic mass is 32.2. The molecule has 1 heterocycles. The monoisotopic (exact) mass is 270 g/mol. The number of amidine groups is 1. The number of nitrogens with one attached hydrogen (secondary N) is 1. The van der Waals surface area contributed by atoms with Crippen molar-refractivity contribution in [3.05, 3.63) is 0 Å². The first kappa shape index (κ1) is 15.9. The molecule has 1 aliphatic heterocycles. The third-order valence-electron chi connectivity index (χ3n) is 3.32. The van der Waals surface area contributed by atoms with Crippen LogP contribution in [0.1, 0.15) is 66.2 Å². The summed E-state index contributed by atoms with van der Waals surface area (Å²) in [5, 5.41) is 4.76. The Bertz CT molecular complexity index is 251. The van der Waals surface area contributed by atoms with Crippen molar-refractivity contribution >= 4 is 16.9 Å². The summed E-state index contributed by atoms with van der Waals surface area (Å²) in [4.78, 5) is 4.78. The van der Waals surface area contributed by atoms with Crippen LogP contribution in [0.3, 0.4) is 0 Å². The minimum Gasteiger partial charge on any atom is -0.362 e. The van der Waals surface area contributed by atoms with Crippen molar-refractivity contribution < 1.29 is 0 Å². The van der Waals surface area contributed by atoms with E-state index in [1.54, 1.807) is 0 Å². The van der Waals surface area contributed by atoms with Crippen LogP contribution < -0.4 is 5.32 Å². The van der Waals surface area contributed by atoms with Gasteiger partial charge in [0.2, 0.25) is 0 Å². The van der Waals surface area contributed by atoms with Crippen LogP contribution in [0.4, 0.5) is 0 Å². The molecule has 0 aromatic heterocycles. The van der Waals surface area contributed by atoms with Crippen LogP contribution in [-0.4, -0.2) is 23.0 Å². The molecule has 0 spiro atoms. The van der Waals surface area contributed by atoms with Crippen molar-refractivity contribution in [2.24, 2.45) is 10.9 Å². The molecule has 1 aliphatic rings. The van der Waals surface area contributed by atoms with Gasteiger partial charge in [-0.05, 0) is 25.7 Å². The van der Waals surface area contributed by atoms with Gasteiger partial charge in [-0.3, -0.25) is 4.99 Å². The topological polar surface area (TPSA) is 24.4 Å². The molecule has 0 aliphatic carbocycles. The number of nitrogens with zero attached hydrogens (tertiary/aromatic N) is 1. The summed E-state index contributed by atoms with van der Waals surface area (Å²) in [6.45, 7) is 9.11. The molecule has 3 heteroatoms. The molecule has 18 heavy (non-hydrogen) atoms. The predicted molar refractivity (Wildman–Crippen MR) is 84.5 cm³/mol. The lowest BCUT2D eigenvalue weighted by atomic mass is 10.1. The average Bonchev–Trinajstić information content (AvgIpc) is 2.71. The van der Waals surface area contributed by atoms with E-state index in [1.165, 1.54) is 49.4 Å². The second kappa shape index (κ2) is 8.84. The van der Waals surface area contributed by atoms with Gasteiger partial charge >= 0.3 is 0 Å². The normalized spacial score (nSPS) is 21.2. The van der Waals surface area contributed by atoms with E-state index in [2.05, 4.69) is 33.0 Å². The number of hydrogen-bond acceptors (Lipinski definition) is 3. The predicted octanol–water partition coefficient (Wildman–Crippen LogP) is 4.45. The van der Waals surface area contributed by atoms with Crippen molar-refractivity contribution in [2.75, 3.05) is 5.75 Å². The summed E-state index contributed by atoms with van der Waals surface area (Å²) < 4.78 is 0. The van der Waals surface area contributed by atoms with Gasteiger partial charge in [0.15, 0.2) is 5.17 Å². The van der Waals surface area contributed by atoms with Gasteiger partial charge in [0.25, 0.3) is 0 Å². The molecule has 2 atom stereocenters. The maximum atomic E-state index is 4.78. The van der Waals surface area contributed by atoms with Gasteiger partial charge in [0.1, 0.15) is 0 Å². The SMILES string of the molecule is CCCCCCC(C)NC1=NC(CC(C)C)CS1. The number of aliphatic imine (C=N–C) groups is 1. The van der Waals surface area contributed by atoms with E-state index in [0.717, 1.165) is 5.92 Å². The third kappa shape index (κ3) is 6.67. The van der Waals surface area contributed by atoms with Crippen molar-refractivity contribution in [2.45, 2.75) is 78.3 Å². The molecule has 2 nitrogen and oxygen atoms in total. The minimum absolute atomic E-state index is 0.546. The highest BCUT2D eigenvalue weighted by Crippen LogP contribution is 2.22. The fourth-order valence-corrected chi connectivity index (χ4v) is 3.39. The molecule has 2 unspecified atom stereocenters. The Kier molecular flexibility index (Phi) is 7.80. The Labute approximate surface area is 117 Å². The van der Waals surface area contributed by atoms with E-state index in [4.69, 9.17) is 4.99 Å². The van der Waals surface area contributed by atoms with Gasteiger partial charge in [-0.15, -0.1) is 0 Å². The summed E-state index contributed by atoms with van der Waals surface area (Å²) in [5.74, 6) is 1.92. The van der Waals surface area contributed by atoms with Gasteiger partial charge in [-0.25, -0.2) is 0 Å². The van der Waals surface area contributed by atoms with Crippen LogP contribution in [0.25, 0.3) is 0 Å². The number of thioether (sulfide) groups is 1. The number of hydrogen-bond donors (Lipinski definition) is 1. The second-order valence-electron chi connectivity index (χ2n) is 5.92. The van der Waals surface area contributed by atoms with E-state index >= 15 is 0 Å². The quantitative estimate of drug-likeness (QED) is 0.659. The Hall–Kier alpha value is -0.180. The maximum absolute atomic E-state index is 4.78. The number of rotatable bonds is 8. The molecule has 1 N–H and O–H groups in total. The lowest BCUT2D eigenvalue weighted by Gasteiger charge is -2.14. The highest BCUT2D eigenvalue weighted by molar-refractivity contribution is 8.14. The maximum Gasteiger partial charge on any atom is 0.157 e. The molecule has 0 amide bonds. The van der Waals surface area contributed by atoms with Crippen LogP contribution >= 0.6 is 11.8 Å². The molecular formula is C15H30N2S. The molecule has 0 saturated carbocycles. The average molecular weight is 270 g/mol. The van der Waals surface area contributed by atoms with Crippen LogP contribution in [0.15, 0.2) is 4.99 Å². The van der Waals surface area contributed by atoms with Gasteiger partial charge in [0.05, 0.1) is 6.04 Å². The van der Waals surface area contributed by atoms with Gasteiger partial charge in [-0.1, -0.05) is 58.2 Å². The Morgan fingerprint density at radius 2 is 2.06 bits per heavy atom. The summed E-state index contributed by atoms with van der Waals surface area (Å²) in [6, 6.07) is 1.12. The lowest BCUT2D eigenvalue weighted by molar-refractivity contribution is 0.524. The fourth-order valence-electron chi connectivity index (χ4n) is 2.32. The smallest absolute Gasteiger partial charge is 0.157 e. The van der Waals surface area contributed by atoms with Crippen LogP contribution in [-0.2, 0) is 0 Å². The van der Waals surface area contributed by atoms with E-state index < -0.39 is 0 Å². The second-order valence-corrected chi connectivity index (χ2v) is 6.93. The Balaban J connectivity index is 2.17. The van der Waals surface area contributed by atoms with Crippen molar-refractivity contribution in [3.8, 4) is 0 Å². The van der Waals surface area contributed by atoms with E-state index in [-0.39, 0.29) is 0 Å². The van der Waals surface area contributed by atoms with Crippen molar-refractivity contribution in [1.82, 2.24) is 5.32 Å². The standard InChI is InChI=1S/C15H30N2S/c1-5-6-7-8-9-13(4)16-15-17-14(11-18-15)10-12(2)3/h12-14H,5-11H2,1-4H3,(H,16,17). The van der Waals surface area contributed by atoms with Crippen LogP contribution in [0.2, 0.25) is 0 Å². The zero-order chi connectivity index (χ0) is 13.4. The molecule has 0 aromatic carbocycles. The largest absolute Gasteiger partial charge is 0.362 e. The Morgan fingerprint density at radius 3 is 2.72 bits per heavy atom. The van der Waals surface area contributed by atoms with E-state index in [1.807, 2.05) is 11.8 Å². The summed E-state index contributed by atoms with van der Waals surface area (Å²) >= 11 is 1.90. The van der Waals surface area contributed by atoms with E-state index in [9.17, 15) is 0 Å². The molecule has 0 fully saturated rings. The lowest BCUT2D eigenvalue weighted by Crippen LogP contribution is -2.29. The van der Waals surface area contributed by atoms with Crippen molar-refractivity contribution in [1.29, 1.82) is 0 Å². The molecular weight excluding hydrogens is 240 g/mol. The summed E-state index contributed by atoms with van der Waals surface area (Å²) in [7, 11) is 0. The van der Waals surface area contributed by atoms with Crippen LogP contribution in [0, 0.1) is 5.92 Å². The zero-order valence-corrected chi connectivity index (χ0v) is 13.4. The van der Waals surface area contributed by atoms with Gasteiger partial charge in [-0.2, -0.15) is 0 Å². The molecule has 0 bridgehead atoms. The molecule has 106 valence electrons. The van der Waals surface area contributed by atoms with E-state index in [0.29, 0.717) is 12.1 Å². The summed E-state index contributed by atoms with van der Waals surface area (Å²) in [5.41, 5.74) is 0.